The smallest absolute Gasteiger partial charge is 0.138 e. The highest BCUT2D eigenvalue weighted by Crippen LogP contribution is 2.28. The molecule has 1 aromatic carbocycles. The molecule has 0 bridgehead atoms. The minimum Gasteiger partial charge on any atom is -0.327 e. The van der Waals surface area contributed by atoms with Gasteiger partial charge in [-0.1, -0.05) is 30.7 Å². The van der Waals surface area contributed by atoms with Crippen LogP contribution in [0.15, 0.2) is 41.4 Å². The molecular formula is C15H18ClN3S. The average molecular weight is 308 g/mol. The molecule has 1 atom stereocenters. The Kier molecular flexibility index (Phi) is 5.83. The van der Waals surface area contributed by atoms with Crippen LogP contribution < -0.4 is 5.73 Å². The molecule has 0 aliphatic heterocycles. The quantitative estimate of drug-likeness (QED) is 0.827. The van der Waals surface area contributed by atoms with Crippen LogP contribution in [0.4, 0.5) is 0 Å². The highest BCUT2D eigenvalue weighted by atomic mass is 35.5. The third-order valence-corrected chi connectivity index (χ3v) is 4.46. The highest BCUT2D eigenvalue weighted by molar-refractivity contribution is 7.98. The summed E-state index contributed by atoms with van der Waals surface area (Å²) in [6.07, 6.45) is 3.55. The molecule has 0 aliphatic carbocycles. The lowest BCUT2D eigenvalue weighted by atomic mass is 10.1. The Balaban J connectivity index is 2.00. The minimum absolute atomic E-state index is 0.161. The first-order valence-electron chi connectivity index (χ1n) is 6.62. The number of hydrogen-bond donors (Lipinski definition) is 1. The number of nitrogens with zero attached hydrogens (tertiary/aromatic N) is 2. The van der Waals surface area contributed by atoms with Crippen molar-refractivity contribution >= 4 is 23.4 Å². The van der Waals surface area contributed by atoms with E-state index in [4.69, 9.17) is 17.3 Å². The van der Waals surface area contributed by atoms with E-state index >= 15 is 0 Å². The van der Waals surface area contributed by atoms with Gasteiger partial charge in [0.2, 0.25) is 0 Å². The second-order valence-electron chi connectivity index (χ2n) is 4.56. The van der Waals surface area contributed by atoms with Gasteiger partial charge in [0.1, 0.15) is 5.82 Å². The SMILES string of the molecule is CCC(N)Cc1ccnc(CSc2ccccc2Cl)n1. The first kappa shape index (κ1) is 15.3. The maximum atomic E-state index is 6.13. The van der Waals surface area contributed by atoms with Gasteiger partial charge in [0.15, 0.2) is 0 Å². The van der Waals surface area contributed by atoms with E-state index in [-0.39, 0.29) is 6.04 Å². The van der Waals surface area contributed by atoms with Crippen LogP contribution in [0.25, 0.3) is 0 Å². The summed E-state index contributed by atoms with van der Waals surface area (Å²) in [5.74, 6) is 1.52. The van der Waals surface area contributed by atoms with E-state index < -0.39 is 0 Å². The van der Waals surface area contributed by atoms with Crippen LogP contribution in [-0.2, 0) is 12.2 Å². The Morgan fingerprint density at radius 3 is 2.85 bits per heavy atom. The van der Waals surface area contributed by atoms with Crippen molar-refractivity contribution in [1.82, 2.24) is 9.97 Å². The number of nitrogens with two attached hydrogens (primary N) is 1. The van der Waals surface area contributed by atoms with Crippen molar-refractivity contribution in [2.24, 2.45) is 5.73 Å². The molecule has 1 aromatic heterocycles. The van der Waals surface area contributed by atoms with Crippen LogP contribution >= 0.6 is 23.4 Å². The molecule has 2 rings (SSSR count). The molecule has 0 amide bonds. The normalized spacial score (nSPS) is 12.3. The number of hydrogen-bond acceptors (Lipinski definition) is 4. The van der Waals surface area contributed by atoms with Crippen molar-refractivity contribution in [3.63, 3.8) is 0 Å². The molecule has 0 fully saturated rings. The second-order valence-corrected chi connectivity index (χ2v) is 5.98. The van der Waals surface area contributed by atoms with Gasteiger partial charge in [0.25, 0.3) is 0 Å². The summed E-state index contributed by atoms with van der Waals surface area (Å²) in [7, 11) is 0. The van der Waals surface area contributed by atoms with Gasteiger partial charge in [-0.25, -0.2) is 9.97 Å². The molecular weight excluding hydrogens is 290 g/mol. The van der Waals surface area contributed by atoms with Crippen LogP contribution in [0.2, 0.25) is 5.02 Å². The van der Waals surface area contributed by atoms with Crippen molar-refractivity contribution < 1.29 is 0 Å². The van der Waals surface area contributed by atoms with Gasteiger partial charge >= 0.3 is 0 Å². The lowest BCUT2D eigenvalue weighted by molar-refractivity contribution is 0.634. The first-order valence-corrected chi connectivity index (χ1v) is 7.99. The van der Waals surface area contributed by atoms with Gasteiger partial charge in [-0.05, 0) is 24.6 Å². The molecule has 20 heavy (non-hydrogen) atoms. The standard InChI is InChI=1S/C15H18ClN3S/c1-2-11(17)9-12-7-8-18-15(19-12)10-20-14-6-4-3-5-13(14)16/h3-8,11H,2,9-10,17H2,1H3. The second kappa shape index (κ2) is 7.62. The number of halogens is 1. The Bertz CT molecular complexity index is 562. The molecule has 0 saturated carbocycles. The zero-order valence-electron chi connectivity index (χ0n) is 11.4. The third-order valence-electron chi connectivity index (χ3n) is 2.95. The summed E-state index contributed by atoms with van der Waals surface area (Å²) >= 11 is 7.78. The van der Waals surface area contributed by atoms with E-state index in [0.717, 1.165) is 34.3 Å². The number of thioether (sulfide) groups is 1. The summed E-state index contributed by atoms with van der Waals surface area (Å²) in [5, 5.41) is 0.765. The molecule has 5 heteroatoms. The van der Waals surface area contributed by atoms with Crippen LogP contribution in [0, 0.1) is 0 Å². The van der Waals surface area contributed by atoms with E-state index in [1.54, 1.807) is 18.0 Å². The first-order chi connectivity index (χ1) is 9.69. The monoisotopic (exact) mass is 307 g/mol. The maximum Gasteiger partial charge on any atom is 0.138 e. The van der Waals surface area contributed by atoms with Gasteiger partial charge in [-0.15, -0.1) is 11.8 Å². The van der Waals surface area contributed by atoms with Crippen molar-refractivity contribution in [3.05, 3.63) is 53.1 Å². The zero-order valence-corrected chi connectivity index (χ0v) is 13.0. The third kappa shape index (κ3) is 4.47. The Morgan fingerprint density at radius 1 is 1.30 bits per heavy atom. The molecule has 1 unspecified atom stereocenters. The fraction of sp³-hybridized carbons (Fsp3) is 0.333. The van der Waals surface area contributed by atoms with E-state index in [9.17, 15) is 0 Å². The highest BCUT2D eigenvalue weighted by Gasteiger charge is 2.06. The summed E-state index contributed by atoms with van der Waals surface area (Å²) in [6, 6.07) is 9.89. The van der Waals surface area contributed by atoms with Gasteiger partial charge in [-0.2, -0.15) is 0 Å². The van der Waals surface area contributed by atoms with Gasteiger partial charge in [-0.3, -0.25) is 0 Å². The summed E-state index contributed by atoms with van der Waals surface area (Å²) in [6.45, 7) is 2.08. The summed E-state index contributed by atoms with van der Waals surface area (Å²) in [5.41, 5.74) is 6.96. The summed E-state index contributed by atoms with van der Waals surface area (Å²) < 4.78 is 0. The van der Waals surface area contributed by atoms with Crippen LogP contribution in [-0.4, -0.2) is 16.0 Å². The van der Waals surface area contributed by atoms with Crippen LogP contribution in [0.1, 0.15) is 24.9 Å². The largest absolute Gasteiger partial charge is 0.327 e. The lowest BCUT2D eigenvalue weighted by Gasteiger charge is -2.09. The average Bonchev–Trinajstić information content (AvgIpc) is 2.47. The van der Waals surface area contributed by atoms with E-state index in [1.165, 1.54) is 0 Å². The van der Waals surface area contributed by atoms with Crippen molar-refractivity contribution in [2.75, 3.05) is 0 Å². The molecule has 106 valence electrons. The van der Waals surface area contributed by atoms with Crippen LogP contribution in [0.3, 0.4) is 0 Å². The van der Waals surface area contributed by atoms with Gasteiger partial charge < -0.3 is 5.73 Å². The Hall–Kier alpha value is -1.10. The molecule has 2 aromatic rings. The van der Waals surface area contributed by atoms with E-state index in [0.29, 0.717) is 5.75 Å². The fourth-order valence-corrected chi connectivity index (χ4v) is 2.85. The van der Waals surface area contributed by atoms with Crippen molar-refractivity contribution in [2.45, 2.75) is 36.5 Å². The molecule has 0 spiro atoms. The van der Waals surface area contributed by atoms with Crippen LogP contribution in [0.5, 0.6) is 0 Å². The topological polar surface area (TPSA) is 51.8 Å². The molecule has 0 radical (unpaired) electrons. The van der Waals surface area contributed by atoms with Crippen molar-refractivity contribution in [3.8, 4) is 0 Å². The zero-order chi connectivity index (χ0) is 14.4. The molecule has 3 nitrogen and oxygen atoms in total. The van der Waals surface area contributed by atoms with E-state index in [1.807, 2.05) is 30.3 Å². The Morgan fingerprint density at radius 2 is 2.10 bits per heavy atom. The molecule has 0 saturated heterocycles. The predicted octanol–water partition coefficient (Wildman–Crippen LogP) is 3.70. The van der Waals surface area contributed by atoms with Gasteiger partial charge in [0, 0.05) is 29.2 Å². The molecule has 2 N–H and O–H groups in total. The van der Waals surface area contributed by atoms with E-state index in [2.05, 4.69) is 16.9 Å². The Labute approximate surface area is 129 Å². The fourth-order valence-electron chi connectivity index (χ4n) is 1.74. The minimum atomic E-state index is 0.161. The number of benzene rings is 1. The van der Waals surface area contributed by atoms with Crippen molar-refractivity contribution in [1.29, 1.82) is 0 Å². The number of aromatic nitrogens is 2. The molecule has 1 heterocycles. The summed E-state index contributed by atoms with van der Waals surface area (Å²) in [4.78, 5) is 9.90. The number of rotatable bonds is 6. The maximum absolute atomic E-state index is 6.13. The lowest BCUT2D eigenvalue weighted by Crippen LogP contribution is -2.22. The predicted molar refractivity (Wildman–Crippen MR) is 85.0 cm³/mol. The van der Waals surface area contributed by atoms with Gasteiger partial charge in [0.05, 0.1) is 10.8 Å². The molecule has 0 aliphatic rings.